The van der Waals surface area contributed by atoms with E-state index in [1.807, 2.05) is 18.2 Å². The number of nitrogens with zero attached hydrogens (tertiary/aromatic N) is 4. The number of anilines is 1. The molecule has 134 valence electrons. The highest BCUT2D eigenvalue weighted by molar-refractivity contribution is 5.89. The molecule has 5 nitrogen and oxygen atoms in total. The van der Waals surface area contributed by atoms with Crippen LogP contribution in [-0.2, 0) is 4.74 Å². The van der Waals surface area contributed by atoms with Gasteiger partial charge in [0.1, 0.15) is 5.82 Å². The molecule has 0 N–H and O–H groups in total. The van der Waals surface area contributed by atoms with E-state index >= 15 is 0 Å². The molecule has 2 aliphatic heterocycles. The number of aromatic nitrogens is 2. The Labute approximate surface area is 145 Å². The highest BCUT2D eigenvalue weighted by Gasteiger charge is 2.25. The molecule has 2 fully saturated rings. The van der Waals surface area contributed by atoms with Crippen molar-refractivity contribution in [1.82, 2.24) is 14.9 Å². The molecule has 0 unspecified atom stereocenters. The van der Waals surface area contributed by atoms with E-state index in [1.54, 1.807) is 6.07 Å². The predicted molar refractivity (Wildman–Crippen MR) is 92.1 cm³/mol. The van der Waals surface area contributed by atoms with Crippen molar-refractivity contribution < 1.29 is 13.5 Å². The number of alkyl halides is 2. The lowest BCUT2D eigenvalue weighted by molar-refractivity contribution is 0.0712. The van der Waals surface area contributed by atoms with Crippen molar-refractivity contribution in [2.45, 2.75) is 25.4 Å². The summed E-state index contributed by atoms with van der Waals surface area (Å²) in [5.41, 5.74) is 0.574. The fourth-order valence-corrected chi connectivity index (χ4v) is 3.63. The van der Waals surface area contributed by atoms with E-state index in [1.165, 1.54) is 0 Å². The van der Waals surface area contributed by atoms with Crippen LogP contribution in [0.15, 0.2) is 24.3 Å². The van der Waals surface area contributed by atoms with E-state index in [-0.39, 0.29) is 0 Å². The Balaban J connectivity index is 1.52. The van der Waals surface area contributed by atoms with Crippen molar-refractivity contribution in [1.29, 1.82) is 0 Å². The lowest BCUT2D eigenvalue weighted by Gasteiger charge is -2.36. The van der Waals surface area contributed by atoms with Crippen molar-refractivity contribution in [3.8, 4) is 0 Å². The van der Waals surface area contributed by atoms with Crippen LogP contribution >= 0.6 is 0 Å². The van der Waals surface area contributed by atoms with Gasteiger partial charge in [-0.3, -0.25) is 4.90 Å². The molecule has 2 saturated heterocycles. The fraction of sp³-hybridized carbons (Fsp3) is 0.556. The number of para-hydroxylation sites is 1. The van der Waals surface area contributed by atoms with Crippen LogP contribution in [-0.4, -0.2) is 60.3 Å². The van der Waals surface area contributed by atoms with Gasteiger partial charge in [0.2, 0.25) is 0 Å². The molecule has 0 radical (unpaired) electrons. The molecule has 1 atom stereocenters. The van der Waals surface area contributed by atoms with Crippen molar-refractivity contribution in [2.75, 3.05) is 44.2 Å². The number of piperazine rings is 1. The summed E-state index contributed by atoms with van der Waals surface area (Å²) in [4.78, 5) is 12.7. The van der Waals surface area contributed by atoms with Gasteiger partial charge in [-0.2, -0.15) is 0 Å². The normalized spacial score (nSPS) is 22.2. The van der Waals surface area contributed by atoms with Gasteiger partial charge in [0.15, 0.2) is 5.82 Å². The van der Waals surface area contributed by atoms with Crippen LogP contribution in [0, 0.1) is 0 Å². The van der Waals surface area contributed by atoms with Gasteiger partial charge in [0, 0.05) is 44.7 Å². The first-order valence-corrected chi connectivity index (χ1v) is 8.84. The van der Waals surface area contributed by atoms with Gasteiger partial charge in [-0.25, -0.2) is 18.7 Å². The largest absolute Gasteiger partial charge is 0.377 e. The Morgan fingerprint density at radius 3 is 2.64 bits per heavy atom. The van der Waals surface area contributed by atoms with Crippen molar-refractivity contribution in [2.24, 2.45) is 0 Å². The summed E-state index contributed by atoms with van der Waals surface area (Å²) < 4.78 is 32.0. The van der Waals surface area contributed by atoms with Crippen LogP contribution < -0.4 is 4.90 Å². The van der Waals surface area contributed by atoms with Crippen LogP contribution in [0.1, 0.15) is 25.1 Å². The Morgan fingerprint density at radius 1 is 1.12 bits per heavy atom. The van der Waals surface area contributed by atoms with Gasteiger partial charge in [-0.15, -0.1) is 0 Å². The lowest BCUT2D eigenvalue weighted by Crippen LogP contribution is -2.48. The first-order valence-electron chi connectivity index (χ1n) is 8.84. The highest BCUT2D eigenvalue weighted by atomic mass is 19.3. The molecule has 3 heterocycles. The van der Waals surface area contributed by atoms with Crippen LogP contribution in [0.25, 0.3) is 10.9 Å². The van der Waals surface area contributed by atoms with Gasteiger partial charge < -0.3 is 9.64 Å². The number of hydrogen-bond donors (Lipinski definition) is 0. The summed E-state index contributed by atoms with van der Waals surface area (Å²) in [6.45, 7) is 5.16. The van der Waals surface area contributed by atoms with Gasteiger partial charge >= 0.3 is 0 Å². The smallest absolute Gasteiger partial charge is 0.297 e. The number of ether oxygens (including phenoxy) is 1. The van der Waals surface area contributed by atoms with Gasteiger partial charge in [0.25, 0.3) is 6.43 Å². The third kappa shape index (κ3) is 3.57. The predicted octanol–water partition coefficient (Wildman–Crippen LogP) is 2.87. The Hall–Kier alpha value is -1.86. The number of benzene rings is 1. The van der Waals surface area contributed by atoms with Gasteiger partial charge in [-0.05, 0) is 25.0 Å². The van der Waals surface area contributed by atoms with Crippen molar-refractivity contribution in [3.63, 3.8) is 0 Å². The number of hydrogen-bond acceptors (Lipinski definition) is 5. The zero-order valence-corrected chi connectivity index (χ0v) is 14.1. The summed E-state index contributed by atoms with van der Waals surface area (Å²) >= 11 is 0. The Bertz CT molecular complexity index is 728. The lowest BCUT2D eigenvalue weighted by atomic mass is 10.2. The second-order valence-electron chi connectivity index (χ2n) is 6.65. The summed E-state index contributed by atoms with van der Waals surface area (Å²) in [6, 6.07) is 7.37. The average Bonchev–Trinajstić information content (AvgIpc) is 3.14. The second kappa shape index (κ2) is 7.17. The fourth-order valence-electron chi connectivity index (χ4n) is 3.63. The second-order valence-corrected chi connectivity index (χ2v) is 6.65. The van der Waals surface area contributed by atoms with Crippen molar-refractivity contribution >= 4 is 16.7 Å². The minimum absolute atomic E-state index is 0.344. The zero-order chi connectivity index (χ0) is 17.2. The van der Waals surface area contributed by atoms with E-state index in [0.717, 1.165) is 57.6 Å². The van der Waals surface area contributed by atoms with Crippen LogP contribution in [0.4, 0.5) is 14.6 Å². The highest BCUT2D eigenvalue weighted by Crippen LogP contribution is 2.28. The SMILES string of the molecule is FC(F)c1nc(N2CCN(C[C@H]3CCCO3)CC2)c2ccccc2n1. The van der Waals surface area contributed by atoms with Crippen molar-refractivity contribution in [3.05, 3.63) is 30.1 Å². The first-order chi connectivity index (χ1) is 12.2. The molecule has 25 heavy (non-hydrogen) atoms. The Kier molecular flexibility index (Phi) is 4.76. The maximum atomic E-state index is 13.2. The standard InChI is InChI=1S/C18H22F2N4O/c19-16(20)17-21-15-6-2-1-5-14(15)18(22-17)24-9-7-23(8-10-24)12-13-4-3-11-25-13/h1-2,5-6,13,16H,3-4,7-12H2/t13-/m1/s1. The zero-order valence-electron chi connectivity index (χ0n) is 14.1. The van der Waals surface area contributed by atoms with Crippen LogP contribution in [0.3, 0.4) is 0 Å². The topological polar surface area (TPSA) is 41.5 Å². The molecule has 0 amide bonds. The van der Waals surface area contributed by atoms with Gasteiger partial charge in [-0.1, -0.05) is 12.1 Å². The molecular formula is C18H22F2N4O. The third-order valence-electron chi connectivity index (χ3n) is 4.95. The van der Waals surface area contributed by atoms with E-state index in [4.69, 9.17) is 4.74 Å². The number of rotatable bonds is 4. The van der Waals surface area contributed by atoms with E-state index in [0.29, 0.717) is 17.4 Å². The molecular weight excluding hydrogens is 326 g/mol. The maximum Gasteiger partial charge on any atom is 0.297 e. The molecule has 4 rings (SSSR count). The third-order valence-corrected chi connectivity index (χ3v) is 4.95. The molecule has 1 aromatic heterocycles. The number of fused-ring (bicyclic) bond motifs is 1. The van der Waals surface area contributed by atoms with Crippen LogP contribution in [0.5, 0.6) is 0 Å². The molecule has 2 aliphatic rings. The molecule has 2 aromatic rings. The monoisotopic (exact) mass is 348 g/mol. The summed E-state index contributed by atoms with van der Waals surface area (Å²) in [7, 11) is 0. The summed E-state index contributed by atoms with van der Waals surface area (Å²) in [5.74, 6) is 0.230. The molecule has 0 bridgehead atoms. The van der Waals surface area contributed by atoms with E-state index in [2.05, 4.69) is 19.8 Å². The minimum atomic E-state index is -2.66. The molecule has 1 aromatic carbocycles. The van der Waals surface area contributed by atoms with E-state index < -0.39 is 12.2 Å². The Morgan fingerprint density at radius 2 is 1.92 bits per heavy atom. The maximum absolute atomic E-state index is 13.2. The minimum Gasteiger partial charge on any atom is -0.377 e. The summed E-state index contributed by atoms with van der Waals surface area (Å²) in [6.07, 6.45) is -0.0383. The first kappa shape index (κ1) is 16.6. The average molecular weight is 348 g/mol. The summed E-state index contributed by atoms with van der Waals surface area (Å²) in [5, 5.41) is 0.833. The number of halogens is 2. The van der Waals surface area contributed by atoms with Crippen LogP contribution in [0.2, 0.25) is 0 Å². The van der Waals surface area contributed by atoms with Gasteiger partial charge in [0.05, 0.1) is 11.6 Å². The van der Waals surface area contributed by atoms with E-state index in [9.17, 15) is 8.78 Å². The molecule has 7 heteroatoms. The molecule has 0 aliphatic carbocycles. The molecule has 0 saturated carbocycles. The quantitative estimate of drug-likeness (QED) is 0.850. The molecule has 0 spiro atoms.